The highest BCUT2D eigenvalue weighted by Crippen LogP contribution is 2.24. The number of hydrogen-bond acceptors (Lipinski definition) is 5. The van der Waals surface area contributed by atoms with Gasteiger partial charge >= 0.3 is 5.97 Å². The lowest BCUT2D eigenvalue weighted by Gasteiger charge is -2.04. The zero-order chi connectivity index (χ0) is 14.0. The van der Waals surface area contributed by atoms with E-state index in [9.17, 15) is 9.18 Å². The molecule has 0 fully saturated rings. The van der Waals surface area contributed by atoms with Crippen LogP contribution in [-0.4, -0.2) is 16.1 Å². The number of aryl methyl sites for hydroxylation is 1. The minimum atomic E-state index is -1.15. The number of aliphatic carboxylic acids is 1. The number of aromatic nitrogens is 1. The molecule has 0 aliphatic heterocycles. The topological polar surface area (TPSA) is 88.2 Å². The van der Waals surface area contributed by atoms with Crippen LogP contribution in [0, 0.1) is 12.7 Å². The van der Waals surface area contributed by atoms with Crippen LogP contribution in [-0.2, 0) is 4.79 Å². The van der Waals surface area contributed by atoms with Crippen LogP contribution in [0.1, 0.15) is 17.3 Å². The third kappa shape index (κ3) is 3.07. The molecule has 0 radical (unpaired) electrons. The quantitative estimate of drug-likeness (QED) is 0.801. The fourth-order valence-corrected chi connectivity index (χ4v) is 2.17. The molecule has 19 heavy (non-hydrogen) atoms. The Morgan fingerprint density at radius 1 is 1.58 bits per heavy atom. The Bertz CT molecular complexity index is 615. The highest BCUT2D eigenvalue weighted by Gasteiger charge is 2.17. The van der Waals surface area contributed by atoms with Gasteiger partial charge in [0.05, 0.1) is 5.69 Å². The molecule has 0 amide bonds. The Hall–Kier alpha value is -1.99. The second-order valence-electron chi connectivity index (χ2n) is 3.98. The van der Waals surface area contributed by atoms with Crippen LogP contribution in [0.25, 0.3) is 0 Å². The molecule has 0 saturated carbocycles. The van der Waals surface area contributed by atoms with Crippen LogP contribution in [0.3, 0.4) is 0 Å². The molecule has 0 saturated heterocycles. The van der Waals surface area contributed by atoms with Gasteiger partial charge in [0.1, 0.15) is 11.9 Å². The molecule has 0 spiro atoms. The van der Waals surface area contributed by atoms with Crippen molar-refractivity contribution in [2.45, 2.75) is 13.0 Å². The fourth-order valence-electron chi connectivity index (χ4n) is 1.41. The van der Waals surface area contributed by atoms with E-state index in [1.807, 2.05) is 0 Å². The monoisotopic (exact) mass is 281 g/mol. The zero-order valence-electron chi connectivity index (χ0n) is 10.1. The van der Waals surface area contributed by atoms with Crippen LogP contribution in [0.15, 0.2) is 23.6 Å². The number of carboxylic acid groups (broad SMARTS) is 1. The number of thiazole rings is 1. The second kappa shape index (κ2) is 5.33. The van der Waals surface area contributed by atoms with Crippen molar-refractivity contribution in [2.24, 2.45) is 5.73 Å². The predicted octanol–water partition coefficient (Wildman–Crippen LogP) is 2.42. The molecule has 2 aromatic rings. The van der Waals surface area contributed by atoms with Gasteiger partial charge in [0, 0.05) is 11.1 Å². The number of halogens is 1. The van der Waals surface area contributed by atoms with Gasteiger partial charge in [-0.2, -0.15) is 0 Å². The van der Waals surface area contributed by atoms with Gasteiger partial charge in [0.15, 0.2) is 5.13 Å². The van der Waals surface area contributed by atoms with Gasteiger partial charge in [-0.3, -0.25) is 4.79 Å². The molecule has 0 bridgehead atoms. The van der Waals surface area contributed by atoms with Gasteiger partial charge in [0.2, 0.25) is 0 Å². The first-order valence-electron chi connectivity index (χ1n) is 5.44. The lowest BCUT2D eigenvalue weighted by Crippen LogP contribution is -2.20. The van der Waals surface area contributed by atoms with Crippen LogP contribution in [0.5, 0.6) is 0 Å². The van der Waals surface area contributed by atoms with Gasteiger partial charge in [0.25, 0.3) is 0 Å². The van der Waals surface area contributed by atoms with Crippen LogP contribution < -0.4 is 11.1 Å². The summed E-state index contributed by atoms with van der Waals surface area (Å²) in [7, 11) is 0. The van der Waals surface area contributed by atoms with Crippen molar-refractivity contribution >= 4 is 28.1 Å². The average molecular weight is 281 g/mol. The number of benzene rings is 1. The van der Waals surface area contributed by atoms with Crippen LogP contribution in [0.4, 0.5) is 15.2 Å². The van der Waals surface area contributed by atoms with E-state index >= 15 is 0 Å². The molecule has 1 unspecified atom stereocenters. The summed E-state index contributed by atoms with van der Waals surface area (Å²) in [5, 5.41) is 13.7. The molecule has 100 valence electrons. The highest BCUT2D eigenvalue weighted by molar-refractivity contribution is 7.13. The SMILES string of the molecule is Cc1ccc(Nc2nc(C(N)C(=O)O)cs2)cc1F. The van der Waals surface area contributed by atoms with Crippen molar-refractivity contribution < 1.29 is 14.3 Å². The summed E-state index contributed by atoms with van der Waals surface area (Å²) < 4.78 is 13.4. The number of rotatable bonds is 4. The number of nitrogens with zero attached hydrogens (tertiary/aromatic N) is 1. The van der Waals surface area contributed by atoms with Gasteiger partial charge < -0.3 is 16.2 Å². The van der Waals surface area contributed by atoms with Crippen LogP contribution >= 0.6 is 11.3 Å². The van der Waals surface area contributed by atoms with Gasteiger partial charge in [-0.25, -0.2) is 9.37 Å². The van der Waals surface area contributed by atoms with E-state index in [2.05, 4.69) is 10.3 Å². The maximum atomic E-state index is 13.4. The van der Waals surface area contributed by atoms with Crippen molar-refractivity contribution in [2.75, 3.05) is 5.32 Å². The third-order valence-electron chi connectivity index (χ3n) is 2.53. The number of carboxylic acids is 1. The first kappa shape index (κ1) is 13.4. The fraction of sp³-hybridized carbons (Fsp3) is 0.167. The Balaban J connectivity index is 2.15. The molecular weight excluding hydrogens is 269 g/mol. The van der Waals surface area contributed by atoms with Crippen molar-refractivity contribution in [3.05, 3.63) is 40.7 Å². The second-order valence-corrected chi connectivity index (χ2v) is 4.84. The molecular formula is C12H12FN3O2S. The maximum Gasteiger partial charge on any atom is 0.326 e. The molecule has 7 heteroatoms. The van der Waals surface area contributed by atoms with Crippen molar-refractivity contribution in [3.63, 3.8) is 0 Å². The largest absolute Gasteiger partial charge is 0.480 e. The minimum absolute atomic E-state index is 0.271. The van der Waals surface area contributed by atoms with E-state index in [4.69, 9.17) is 10.8 Å². The number of carbonyl (C=O) groups is 1. The highest BCUT2D eigenvalue weighted by atomic mass is 32.1. The van der Waals surface area contributed by atoms with Gasteiger partial charge in [-0.15, -0.1) is 11.3 Å². The summed E-state index contributed by atoms with van der Waals surface area (Å²) >= 11 is 1.21. The molecule has 0 aliphatic rings. The standard InChI is InChI=1S/C12H12FN3O2S/c1-6-2-3-7(4-8(6)13)15-12-16-9(5-19-12)10(14)11(17)18/h2-5,10H,14H2,1H3,(H,15,16)(H,17,18). The summed E-state index contributed by atoms with van der Waals surface area (Å²) in [5.41, 5.74) is 6.82. The number of nitrogens with two attached hydrogens (primary N) is 1. The lowest BCUT2D eigenvalue weighted by atomic mass is 10.2. The van der Waals surface area contributed by atoms with Gasteiger partial charge in [-0.1, -0.05) is 6.07 Å². The van der Waals surface area contributed by atoms with Gasteiger partial charge in [-0.05, 0) is 24.6 Å². The van der Waals surface area contributed by atoms with E-state index in [-0.39, 0.29) is 11.5 Å². The predicted molar refractivity (Wildman–Crippen MR) is 71.1 cm³/mol. The van der Waals surface area contributed by atoms with Crippen molar-refractivity contribution in [3.8, 4) is 0 Å². The molecule has 1 aromatic carbocycles. The summed E-state index contributed by atoms with van der Waals surface area (Å²) in [5.74, 6) is -1.46. The van der Waals surface area contributed by atoms with E-state index in [0.29, 0.717) is 16.4 Å². The molecule has 5 nitrogen and oxygen atoms in total. The number of nitrogens with one attached hydrogen (secondary N) is 1. The summed E-state index contributed by atoms with van der Waals surface area (Å²) in [6.45, 7) is 1.67. The average Bonchev–Trinajstić information content (AvgIpc) is 2.81. The first-order valence-corrected chi connectivity index (χ1v) is 6.32. The number of anilines is 2. The molecule has 4 N–H and O–H groups in total. The Morgan fingerprint density at radius 2 is 2.32 bits per heavy atom. The summed E-state index contributed by atoms with van der Waals surface area (Å²) in [6.07, 6.45) is 0. The summed E-state index contributed by atoms with van der Waals surface area (Å²) in [4.78, 5) is 14.8. The third-order valence-corrected chi connectivity index (χ3v) is 3.31. The lowest BCUT2D eigenvalue weighted by molar-refractivity contribution is -0.138. The van der Waals surface area contributed by atoms with Crippen LogP contribution in [0.2, 0.25) is 0 Å². The molecule has 1 atom stereocenters. The smallest absolute Gasteiger partial charge is 0.326 e. The molecule has 2 rings (SSSR count). The zero-order valence-corrected chi connectivity index (χ0v) is 10.9. The van der Waals surface area contributed by atoms with E-state index in [1.165, 1.54) is 17.4 Å². The van der Waals surface area contributed by atoms with E-state index in [0.717, 1.165) is 0 Å². The maximum absolute atomic E-state index is 13.4. The Morgan fingerprint density at radius 3 is 2.95 bits per heavy atom. The summed E-state index contributed by atoms with van der Waals surface area (Å²) in [6, 6.07) is 3.57. The van der Waals surface area contributed by atoms with E-state index < -0.39 is 12.0 Å². The van der Waals surface area contributed by atoms with E-state index in [1.54, 1.807) is 24.4 Å². The molecule has 1 heterocycles. The minimum Gasteiger partial charge on any atom is -0.480 e. The molecule has 1 aromatic heterocycles. The van der Waals surface area contributed by atoms with Crippen molar-refractivity contribution in [1.82, 2.24) is 4.98 Å². The molecule has 0 aliphatic carbocycles. The first-order chi connectivity index (χ1) is 8.97. The Kier molecular flexibility index (Phi) is 3.77. The number of hydrogen-bond donors (Lipinski definition) is 3. The van der Waals surface area contributed by atoms with Crippen molar-refractivity contribution in [1.29, 1.82) is 0 Å². The Labute approximate surface area is 112 Å². The normalized spacial score (nSPS) is 12.2.